The summed E-state index contributed by atoms with van der Waals surface area (Å²) in [5.74, 6) is 0.298. The van der Waals surface area contributed by atoms with Crippen LogP contribution in [0.25, 0.3) is 21.8 Å². The Labute approximate surface area is 201 Å². The highest BCUT2D eigenvalue weighted by Gasteiger charge is 2.30. The zero-order valence-corrected chi connectivity index (χ0v) is 19.8. The maximum absolute atomic E-state index is 13.6. The van der Waals surface area contributed by atoms with E-state index in [0.29, 0.717) is 33.5 Å². The second-order valence-corrected chi connectivity index (χ2v) is 9.23. The predicted octanol–water partition coefficient (Wildman–Crippen LogP) is 5.09. The summed E-state index contributed by atoms with van der Waals surface area (Å²) in [7, 11) is 1.53. The number of ether oxygens (including phenoxy) is 1. The molecule has 0 radical (unpaired) electrons. The molecule has 1 fully saturated rings. The number of hydrogen-bond donors (Lipinski definition) is 1. The molecular weight excluding hydrogens is 454 g/mol. The number of carbonyl (C=O) groups is 1. The van der Waals surface area contributed by atoms with Gasteiger partial charge in [0.1, 0.15) is 16.7 Å². The first-order valence-electron chi connectivity index (χ1n) is 11.5. The molecule has 1 aliphatic carbocycles. The Kier molecular flexibility index (Phi) is 6.15. The fourth-order valence-electron chi connectivity index (χ4n) is 5.16. The normalized spacial score (nSPS) is 19.4. The van der Waals surface area contributed by atoms with Crippen LogP contribution in [0, 0.1) is 6.92 Å². The summed E-state index contributed by atoms with van der Waals surface area (Å²) in [6, 6.07) is 14.8. The summed E-state index contributed by atoms with van der Waals surface area (Å²) < 4.78 is 12.7. The summed E-state index contributed by atoms with van der Waals surface area (Å²) >= 11 is 6.55. The van der Waals surface area contributed by atoms with Crippen molar-refractivity contribution in [1.82, 2.24) is 15.0 Å². The molecule has 2 aromatic carbocycles. The molecule has 34 heavy (non-hydrogen) atoms. The second kappa shape index (κ2) is 9.24. The Morgan fingerprint density at radius 3 is 2.74 bits per heavy atom. The van der Waals surface area contributed by atoms with Crippen LogP contribution in [0.4, 0.5) is 0 Å². The van der Waals surface area contributed by atoms with Crippen molar-refractivity contribution in [2.24, 2.45) is 0 Å². The minimum absolute atomic E-state index is 0.0759. The molecule has 0 bridgehead atoms. The molecule has 1 amide bonds. The standard InChI is InChI=1S/C26H26ClN3O4/c1-15-21-23(29-34-15)22-19(27)12-7-13-20(22)30(26(21)32)18-11-6-10-17(14-18)28-25(31)24(33-2)16-8-4-3-5-9-16/h3-5,7-9,12-13,17-18,24H,6,10-11,14H2,1-2H3,(H,28,31). The Morgan fingerprint density at radius 1 is 1.18 bits per heavy atom. The molecule has 1 saturated carbocycles. The summed E-state index contributed by atoms with van der Waals surface area (Å²) in [5, 5.41) is 8.97. The average Bonchev–Trinajstić information content (AvgIpc) is 3.22. The smallest absolute Gasteiger partial charge is 0.264 e. The number of rotatable bonds is 5. The van der Waals surface area contributed by atoms with E-state index in [1.165, 1.54) is 7.11 Å². The van der Waals surface area contributed by atoms with E-state index in [9.17, 15) is 9.59 Å². The summed E-state index contributed by atoms with van der Waals surface area (Å²) in [6.07, 6.45) is 2.51. The molecule has 0 aliphatic heterocycles. The zero-order valence-electron chi connectivity index (χ0n) is 19.1. The Hall–Kier alpha value is -3.16. The fraction of sp³-hybridized carbons (Fsp3) is 0.346. The van der Waals surface area contributed by atoms with Crippen molar-refractivity contribution < 1.29 is 14.1 Å². The van der Waals surface area contributed by atoms with E-state index in [4.69, 9.17) is 20.9 Å². The number of fused-ring (bicyclic) bond motifs is 3. The van der Waals surface area contributed by atoms with Crippen LogP contribution in [0.2, 0.25) is 5.02 Å². The van der Waals surface area contributed by atoms with Gasteiger partial charge < -0.3 is 19.1 Å². The van der Waals surface area contributed by atoms with E-state index in [-0.39, 0.29) is 23.6 Å². The number of pyridine rings is 1. The molecule has 3 unspecified atom stereocenters. The van der Waals surface area contributed by atoms with Gasteiger partial charge in [0.05, 0.1) is 10.5 Å². The lowest BCUT2D eigenvalue weighted by Gasteiger charge is -2.32. The molecule has 2 heterocycles. The van der Waals surface area contributed by atoms with Crippen LogP contribution >= 0.6 is 11.6 Å². The number of carbonyl (C=O) groups excluding carboxylic acids is 1. The third kappa shape index (κ3) is 3.89. The van der Waals surface area contributed by atoms with Crippen LogP contribution in [0.5, 0.6) is 0 Å². The number of nitrogens with zero attached hydrogens (tertiary/aromatic N) is 2. The summed E-state index contributed by atoms with van der Waals surface area (Å²) in [5.41, 5.74) is 1.89. The van der Waals surface area contributed by atoms with Gasteiger partial charge in [-0.1, -0.05) is 53.2 Å². The van der Waals surface area contributed by atoms with Crippen molar-refractivity contribution in [3.63, 3.8) is 0 Å². The van der Waals surface area contributed by atoms with Crippen molar-refractivity contribution >= 4 is 39.3 Å². The molecule has 4 aromatic rings. The van der Waals surface area contributed by atoms with Crippen LogP contribution < -0.4 is 10.9 Å². The van der Waals surface area contributed by atoms with Crippen LogP contribution in [-0.4, -0.2) is 28.8 Å². The number of hydrogen-bond acceptors (Lipinski definition) is 5. The van der Waals surface area contributed by atoms with Gasteiger partial charge >= 0.3 is 0 Å². The number of aromatic nitrogens is 2. The maximum Gasteiger partial charge on any atom is 0.264 e. The SMILES string of the molecule is COC(C(=O)NC1CCCC(n2c(=O)c3c(C)onc3c3c(Cl)cccc32)C1)c1ccccc1. The largest absolute Gasteiger partial charge is 0.367 e. The monoisotopic (exact) mass is 479 g/mol. The topological polar surface area (TPSA) is 86.4 Å². The van der Waals surface area contributed by atoms with Gasteiger partial charge in [-0.15, -0.1) is 0 Å². The van der Waals surface area contributed by atoms with E-state index in [1.54, 1.807) is 13.0 Å². The minimum Gasteiger partial charge on any atom is -0.367 e. The molecular formula is C26H26ClN3O4. The molecule has 1 N–H and O–H groups in total. The predicted molar refractivity (Wildman–Crippen MR) is 131 cm³/mol. The first kappa shape index (κ1) is 22.6. The molecule has 176 valence electrons. The van der Waals surface area contributed by atoms with Gasteiger partial charge in [0.2, 0.25) is 0 Å². The van der Waals surface area contributed by atoms with Gasteiger partial charge in [-0.05, 0) is 50.3 Å². The zero-order chi connectivity index (χ0) is 23.8. The number of nitrogens with one attached hydrogen (secondary N) is 1. The first-order chi connectivity index (χ1) is 16.5. The van der Waals surface area contributed by atoms with Gasteiger partial charge in [-0.2, -0.15) is 0 Å². The quantitative estimate of drug-likeness (QED) is 0.430. The van der Waals surface area contributed by atoms with Crippen molar-refractivity contribution in [2.45, 2.75) is 50.8 Å². The van der Waals surface area contributed by atoms with E-state index < -0.39 is 6.10 Å². The van der Waals surface area contributed by atoms with Crippen molar-refractivity contribution in [2.75, 3.05) is 7.11 Å². The van der Waals surface area contributed by atoms with Crippen LogP contribution in [0.3, 0.4) is 0 Å². The van der Waals surface area contributed by atoms with Crippen LogP contribution in [-0.2, 0) is 9.53 Å². The van der Waals surface area contributed by atoms with Gasteiger partial charge in [-0.3, -0.25) is 9.59 Å². The molecule has 8 heteroatoms. The van der Waals surface area contributed by atoms with Gasteiger partial charge in [0, 0.05) is 24.6 Å². The molecule has 3 atom stereocenters. The Balaban J connectivity index is 1.48. The highest BCUT2D eigenvalue weighted by atomic mass is 35.5. The number of benzene rings is 2. The number of halogens is 1. The lowest BCUT2D eigenvalue weighted by atomic mass is 9.89. The first-order valence-corrected chi connectivity index (χ1v) is 11.8. The second-order valence-electron chi connectivity index (χ2n) is 8.82. The molecule has 2 aromatic heterocycles. The lowest BCUT2D eigenvalue weighted by molar-refractivity contribution is -0.132. The maximum atomic E-state index is 13.6. The Morgan fingerprint density at radius 2 is 1.97 bits per heavy atom. The van der Waals surface area contributed by atoms with E-state index >= 15 is 0 Å². The lowest BCUT2D eigenvalue weighted by Crippen LogP contribution is -2.42. The molecule has 7 nitrogen and oxygen atoms in total. The third-order valence-electron chi connectivity index (χ3n) is 6.72. The van der Waals surface area contributed by atoms with Crippen molar-refractivity contribution in [3.8, 4) is 0 Å². The highest BCUT2D eigenvalue weighted by Crippen LogP contribution is 2.35. The van der Waals surface area contributed by atoms with Gasteiger partial charge in [0.25, 0.3) is 11.5 Å². The number of aryl methyl sites for hydroxylation is 1. The van der Waals surface area contributed by atoms with Gasteiger partial charge in [0.15, 0.2) is 6.10 Å². The fourth-order valence-corrected chi connectivity index (χ4v) is 5.42. The van der Waals surface area contributed by atoms with E-state index in [0.717, 1.165) is 30.3 Å². The highest BCUT2D eigenvalue weighted by molar-refractivity contribution is 6.37. The minimum atomic E-state index is -0.681. The van der Waals surface area contributed by atoms with Crippen LogP contribution in [0.1, 0.15) is 49.2 Å². The average molecular weight is 480 g/mol. The van der Waals surface area contributed by atoms with E-state index in [2.05, 4.69) is 10.5 Å². The van der Waals surface area contributed by atoms with Crippen molar-refractivity contribution in [3.05, 3.63) is 75.2 Å². The molecule has 0 saturated heterocycles. The Bertz CT molecular complexity index is 1410. The molecule has 5 rings (SSSR count). The third-order valence-corrected chi connectivity index (χ3v) is 7.03. The van der Waals surface area contributed by atoms with E-state index in [1.807, 2.05) is 47.0 Å². The van der Waals surface area contributed by atoms with Crippen molar-refractivity contribution in [1.29, 1.82) is 0 Å². The molecule has 1 aliphatic rings. The summed E-state index contributed by atoms with van der Waals surface area (Å²) in [4.78, 5) is 26.7. The summed E-state index contributed by atoms with van der Waals surface area (Å²) in [6.45, 7) is 1.74. The molecule has 0 spiro atoms. The number of amides is 1. The van der Waals surface area contributed by atoms with Crippen LogP contribution in [0.15, 0.2) is 57.8 Å². The number of methoxy groups -OCH3 is 1. The van der Waals surface area contributed by atoms with Gasteiger partial charge in [-0.25, -0.2) is 0 Å².